The van der Waals surface area contributed by atoms with Gasteiger partial charge in [-0.2, -0.15) is 0 Å². The van der Waals surface area contributed by atoms with Crippen molar-refractivity contribution >= 4 is 11.3 Å². The molecule has 1 heterocycles. The average molecular weight is 267 g/mol. The zero-order chi connectivity index (χ0) is 12.6. The van der Waals surface area contributed by atoms with Gasteiger partial charge in [0.2, 0.25) is 0 Å². The van der Waals surface area contributed by atoms with Crippen LogP contribution in [0.4, 0.5) is 0 Å². The van der Waals surface area contributed by atoms with Crippen molar-refractivity contribution in [3.8, 4) is 0 Å². The number of rotatable bonds is 7. The van der Waals surface area contributed by atoms with Crippen molar-refractivity contribution in [3.63, 3.8) is 0 Å². The Balaban J connectivity index is 1.46. The van der Waals surface area contributed by atoms with E-state index in [0.717, 1.165) is 38.1 Å². The third-order valence-electron chi connectivity index (χ3n) is 3.69. The van der Waals surface area contributed by atoms with E-state index in [1.165, 1.54) is 30.6 Å². The summed E-state index contributed by atoms with van der Waals surface area (Å²) < 4.78 is 5.67. The van der Waals surface area contributed by atoms with Crippen molar-refractivity contribution in [3.05, 3.63) is 22.4 Å². The van der Waals surface area contributed by atoms with Crippen LogP contribution in [-0.2, 0) is 11.2 Å². The molecule has 0 spiro atoms. The van der Waals surface area contributed by atoms with Gasteiger partial charge in [-0.1, -0.05) is 25.8 Å². The van der Waals surface area contributed by atoms with E-state index in [0.29, 0.717) is 0 Å². The molecule has 18 heavy (non-hydrogen) atoms. The lowest BCUT2D eigenvalue weighted by atomic mass is 9.87. The zero-order valence-corrected chi connectivity index (χ0v) is 12.2. The molecule has 2 nitrogen and oxygen atoms in total. The van der Waals surface area contributed by atoms with Crippen LogP contribution in [0, 0.1) is 5.92 Å². The molecular formula is C15H25NOS. The highest BCUT2D eigenvalue weighted by Crippen LogP contribution is 2.23. The molecule has 0 aromatic carbocycles. The van der Waals surface area contributed by atoms with Gasteiger partial charge < -0.3 is 10.1 Å². The van der Waals surface area contributed by atoms with Gasteiger partial charge in [-0.25, -0.2) is 0 Å². The monoisotopic (exact) mass is 267 g/mol. The molecule has 1 saturated carbocycles. The van der Waals surface area contributed by atoms with Crippen LogP contribution < -0.4 is 5.32 Å². The van der Waals surface area contributed by atoms with Gasteiger partial charge in [0.15, 0.2) is 0 Å². The van der Waals surface area contributed by atoms with E-state index in [9.17, 15) is 0 Å². The number of ether oxygens (including phenoxy) is 1. The van der Waals surface area contributed by atoms with Gasteiger partial charge in [-0.3, -0.25) is 0 Å². The number of hydrogen-bond acceptors (Lipinski definition) is 3. The highest BCUT2D eigenvalue weighted by molar-refractivity contribution is 7.09. The number of thiophene rings is 1. The predicted molar refractivity (Wildman–Crippen MR) is 78.3 cm³/mol. The Morgan fingerprint density at radius 3 is 3.11 bits per heavy atom. The SMILES string of the molecule is CC1CCCC(NCCOCCc2cccs2)C1. The van der Waals surface area contributed by atoms with Gasteiger partial charge in [0.25, 0.3) is 0 Å². The van der Waals surface area contributed by atoms with E-state index in [4.69, 9.17) is 4.74 Å². The smallest absolute Gasteiger partial charge is 0.0591 e. The molecule has 1 aliphatic rings. The van der Waals surface area contributed by atoms with Crippen LogP contribution in [0.25, 0.3) is 0 Å². The third kappa shape index (κ3) is 5.09. The highest BCUT2D eigenvalue weighted by atomic mass is 32.1. The largest absolute Gasteiger partial charge is 0.380 e. The zero-order valence-electron chi connectivity index (χ0n) is 11.4. The van der Waals surface area contributed by atoms with E-state index in [-0.39, 0.29) is 0 Å². The van der Waals surface area contributed by atoms with E-state index < -0.39 is 0 Å². The quantitative estimate of drug-likeness (QED) is 0.764. The topological polar surface area (TPSA) is 21.3 Å². The molecule has 0 aliphatic heterocycles. The minimum absolute atomic E-state index is 0.731. The van der Waals surface area contributed by atoms with Crippen LogP contribution in [0.5, 0.6) is 0 Å². The van der Waals surface area contributed by atoms with Crippen molar-refractivity contribution in [2.24, 2.45) is 5.92 Å². The molecular weight excluding hydrogens is 242 g/mol. The van der Waals surface area contributed by atoms with E-state index >= 15 is 0 Å². The summed E-state index contributed by atoms with van der Waals surface area (Å²) in [6, 6.07) is 5.01. The molecule has 1 N–H and O–H groups in total. The van der Waals surface area contributed by atoms with Crippen molar-refractivity contribution in [1.29, 1.82) is 0 Å². The molecule has 1 aromatic heterocycles. The Kier molecular flexibility index (Phi) is 6.18. The fourth-order valence-electron chi connectivity index (χ4n) is 2.68. The maximum atomic E-state index is 5.67. The molecule has 3 heteroatoms. The fraction of sp³-hybridized carbons (Fsp3) is 0.733. The summed E-state index contributed by atoms with van der Waals surface area (Å²) in [5.41, 5.74) is 0. The van der Waals surface area contributed by atoms with E-state index in [2.05, 4.69) is 29.8 Å². The second-order valence-corrected chi connectivity index (χ2v) is 6.40. The second-order valence-electron chi connectivity index (χ2n) is 5.36. The summed E-state index contributed by atoms with van der Waals surface area (Å²) in [5.74, 6) is 0.899. The van der Waals surface area contributed by atoms with Crippen LogP contribution in [0.2, 0.25) is 0 Å². The summed E-state index contributed by atoms with van der Waals surface area (Å²) in [4.78, 5) is 1.42. The molecule has 2 rings (SSSR count). The minimum atomic E-state index is 0.731. The molecule has 0 saturated heterocycles. The van der Waals surface area contributed by atoms with Crippen LogP contribution in [-0.4, -0.2) is 25.8 Å². The predicted octanol–water partition coefficient (Wildman–Crippen LogP) is 3.48. The molecule has 1 fully saturated rings. The van der Waals surface area contributed by atoms with E-state index in [1.807, 2.05) is 11.3 Å². The maximum Gasteiger partial charge on any atom is 0.0591 e. The fourth-order valence-corrected chi connectivity index (χ4v) is 3.37. The summed E-state index contributed by atoms with van der Waals surface area (Å²) >= 11 is 1.81. The summed E-state index contributed by atoms with van der Waals surface area (Å²) in [6.45, 7) is 5.06. The average Bonchev–Trinajstić information content (AvgIpc) is 2.87. The minimum Gasteiger partial charge on any atom is -0.380 e. The third-order valence-corrected chi connectivity index (χ3v) is 4.62. The summed E-state index contributed by atoms with van der Waals surface area (Å²) in [6.07, 6.45) is 6.54. The Labute approximate surface area is 115 Å². The summed E-state index contributed by atoms with van der Waals surface area (Å²) in [5, 5.41) is 5.75. The van der Waals surface area contributed by atoms with Crippen LogP contribution >= 0.6 is 11.3 Å². The van der Waals surface area contributed by atoms with Crippen LogP contribution in [0.1, 0.15) is 37.5 Å². The molecule has 1 aliphatic carbocycles. The molecule has 0 bridgehead atoms. The van der Waals surface area contributed by atoms with Crippen LogP contribution in [0.3, 0.4) is 0 Å². The Bertz CT molecular complexity index is 312. The maximum absolute atomic E-state index is 5.67. The lowest BCUT2D eigenvalue weighted by Crippen LogP contribution is -2.35. The Morgan fingerprint density at radius 1 is 1.39 bits per heavy atom. The second kappa shape index (κ2) is 7.93. The first-order chi connectivity index (χ1) is 8.84. The number of nitrogens with one attached hydrogen (secondary N) is 1. The Hall–Kier alpha value is -0.380. The summed E-state index contributed by atoms with van der Waals surface area (Å²) in [7, 11) is 0. The van der Waals surface area contributed by atoms with Crippen molar-refractivity contribution < 1.29 is 4.74 Å². The Morgan fingerprint density at radius 2 is 2.33 bits per heavy atom. The lowest BCUT2D eigenvalue weighted by Gasteiger charge is -2.27. The molecule has 1 aromatic rings. The van der Waals surface area contributed by atoms with Gasteiger partial charge in [0, 0.05) is 23.9 Å². The van der Waals surface area contributed by atoms with Crippen molar-refractivity contribution in [2.45, 2.75) is 45.1 Å². The molecule has 2 unspecified atom stereocenters. The van der Waals surface area contributed by atoms with Gasteiger partial charge in [-0.05, 0) is 30.2 Å². The van der Waals surface area contributed by atoms with Gasteiger partial charge in [0.1, 0.15) is 0 Å². The molecule has 2 atom stereocenters. The standard InChI is InChI=1S/C15H25NOS/c1-13-4-2-5-14(12-13)16-8-10-17-9-7-15-6-3-11-18-15/h3,6,11,13-14,16H,2,4-5,7-10,12H2,1H3. The molecule has 102 valence electrons. The molecule has 0 radical (unpaired) electrons. The first-order valence-corrected chi connectivity index (χ1v) is 8.06. The number of hydrogen-bond donors (Lipinski definition) is 1. The van der Waals surface area contributed by atoms with Gasteiger partial charge in [0.05, 0.1) is 13.2 Å². The molecule has 0 amide bonds. The lowest BCUT2D eigenvalue weighted by molar-refractivity contribution is 0.134. The first-order valence-electron chi connectivity index (χ1n) is 7.18. The first kappa shape index (κ1) is 14.0. The van der Waals surface area contributed by atoms with Gasteiger partial charge >= 0.3 is 0 Å². The van der Waals surface area contributed by atoms with E-state index in [1.54, 1.807) is 0 Å². The van der Waals surface area contributed by atoms with Crippen LogP contribution in [0.15, 0.2) is 17.5 Å². The van der Waals surface area contributed by atoms with Gasteiger partial charge in [-0.15, -0.1) is 11.3 Å². The normalized spacial score (nSPS) is 24.3. The highest BCUT2D eigenvalue weighted by Gasteiger charge is 2.17. The van der Waals surface area contributed by atoms with Crippen molar-refractivity contribution in [2.75, 3.05) is 19.8 Å². The van der Waals surface area contributed by atoms with Crippen molar-refractivity contribution in [1.82, 2.24) is 5.32 Å².